The van der Waals surface area contributed by atoms with Gasteiger partial charge in [0.15, 0.2) is 0 Å². The van der Waals surface area contributed by atoms with Gasteiger partial charge in [0.25, 0.3) is 0 Å². The van der Waals surface area contributed by atoms with E-state index >= 15 is 0 Å². The van der Waals surface area contributed by atoms with E-state index in [1.807, 2.05) is 6.07 Å². The lowest BCUT2D eigenvalue weighted by Gasteiger charge is -2.09. The fourth-order valence-electron chi connectivity index (χ4n) is 1.33. The summed E-state index contributed by atoms with van der Waals surface area (Å²) in [6.07, 6.45) is 4.27. The second kappa shape index (κ2) is 7.07. The molecule has 0 atom stereocenters. The Kier molecular flexibility index (Phi) is 5.42. The number of nitrogens with zero attached hydrogens (tertiary/aromatic N) is 3. The van der Waals surface area contributed by atoms with E-state index in [2.05, 4.69) is 43.1 Å². The Morgan fingerprint density at radius 2 is 2.16 bits per heavy atom. The minimum absolute atomic E-state index is 0.612. The Labute approximate surface area is 129 Å². The quantitative estimate of drug-likeness (QED) is 0.808. The van der Waals surface area contributed by atoms with E-state index in [-0.39, 0.29) is 0 Å². The van der Waals surface area contributed by atoms with Gasteiger partial charge in [0.1, 0.15) is 22.2 Å². The molecule has 100 valence electrons. The Bertz CT molecular complexity index is 567. The van der Waals surface area contributed by atoms with Crippen LogP contribution in [0.5, 0.6) is 0 Å². The molecule has 0 amide bonds. The van der Waals surface area contributed by atoms with Crippen LogP contribution in [0.2, 0.25) is 5.02 Å². The normalized spacial score (nSPS) is 10.5. The molecule has 0 bridgehead atoms. The summed E-state index contributed by atoms with van der Waals surface area (Å²) in [7, 11) is 0. The summed E-state index contributed by atoms with van der Waals surface area (Å²) >= 11 is 11.0. The van der Waals surface area contributed by atoms with Gasteiger partial charge in [-0.1, -0.05) is 18.5 Å². The molecule has 1 N–H and O–H groups in total. The molecule has 2 aromatic heterocycles. The molecule has 0 spiro atoms. The minimum atomic E-state index is 0.612. The maximum absolute atomic E-state index is 6.09. The van der Waals surface area contributed by atoms with E-state index in [0.29, 0.717) is 5.02 Å². The SMILES string of the molecule is CCCNc1ncnc(Sc2ncccc2Cl)c1Br. The summed E-state index contributed by atoms with van der Waals surface area (Å²) in [6, 6.07) is 3.61. The third kappa shape index (κ3) is 3.81. The largest absolute Gasteiger partial charge is 0.369 e. The molecule has 19 heavy (non-hydrogen) atoms. The van der Waals surface area contributed by atoms with Gasteiger partial charge in [0, 0.05) is 12.7 Å². The van der Waals surface area contributed by atoms with Crippen LogP contribution in [0.1, 0.15) is 13.3 Å². The Morgan fingerprint density at radius 3 is 2.89 bits per heavy atom. The second-order valence-electron chi connectivity index (χ2n) is 3.66. The lowest BCUT2D eigenvalue weighted by Crippen LogP contribution is -2.03. The van der Waals surface area contributed by atoms with Crippen LogP contribution in [-0.2, 0) is 0 Å². The summed E-state index contributed by atoms with van der Waals surface area (Å²) < 4.78 is 0.829. The van der Waals surface area contributed by atoms with Crippen LogP contribution in [0.3, 0.4) is 0 Å². The molecule has 0 saturated carbocycles. The predicted octanol–water partition coefficient (Wildman–Crippen LogP) is 4.26. The van der Waals surface area contributed by atoms with Crippen molar-refractivity contribution in [3.63, 3.8) is 0 Å². The van der Waals surface area contributed by atoms with Crippen molar-refractivity contribution in [2.24, 2.45) is 0 Å². The average Bonchev–Trinajstić information content (AvgIpc) is 2.42. The van der Waals surface area contributed by atoms with Crippen molar-refractivity contribution in [2.45, 2.75) is 23.4 Å². The molecule has 0 unspecified atom stereocenters. The molecule has 0 radical (unpaired) electrons. The molecule has 4 nitrogen and oxygen atoms in total. The zero-order valence-corrected chi connectivity index (χ0v) is 13.4. The van der Waals surface area contributed by atoms with Crippen LogP contribution >= 0.6 is 39.3 Å². The summed E-state index contributed by atoms with van der Waals surface area (Å²) in [5.74, 6) is 0.784. The standard InChI is InChI=1S/C12H12BrClN4S/c1-2-5-15-10-9(13)12(18-7-17-10)19-11-8(14)4-3-6-16-11/h3-4,6-7H,2,5H2,1H3,(H,15,17,18). The van der Waals surface area contributed by atoms with Crippen molar-refractivity contribution in [3.05, 3.63) is 34.2 Å². The van der Waals surface area contributed by atoms with E-state index in [0.717, 1.165) is 33.3 Å². The number of aromatic nitrogens is 3. The number of pyridine rings is 1. The monoisotopic (exact) mass is 358 g/mol. The molecular weight excluding hydrogens is 348 g/mol. The predicted molar refractivity (Wildman–Crippen MR) is 81.9 cm³/mol. The van der Waals surface area contributed by atoms with Gasteiger partial charge in [0.05, 0.1) is 9.50 Å². The molecule has 0 fully saturated rings. The van der Waals surface area contributed by atoms with Gasteiger partial charge < -0.3 is 5.32 Å². The zero-order valence-electron chi connectivity index (χ0n) is 10.2. The van der Waals surface area contributed by atoms with Crippen molar-refractivity contribution in [1.29, 1.82) is 0 Å². The van der Waals surface area contributed by atoms with Crippen LogP contribution in [0.25, 0.3) is 0 Å². The number of anilines is 1. The molecule has 7 heteroatoms. The number of hydrogen-bond donors (Lipinski definition) is 1. The van der Waals surface area contributed by atoms with Crippen molar-refractivity contribution < 1.29 is 0 Å². The van der Waals surface area contributed by atoms with E-state index in [9.17, 15) is 0 Å². The molecule has 2 aromatic rings. The van der Waals surface area contributed by atoms with Gasteiger partial charge in [-0.25, -0.2) is 15.0 Å². The maximum atomic E-state index is 6.09. The summed E-state index contributed by atoms with van der Waals surface area (Å²) in [5.41, 5.74) is 0. The molecule has 0 saturated heterocycles. The van der Waals surface area contributed by atoms with Crippen molar-refractivity contribution in [1.82, 2.24) is 15.0 Å². The van der Waals surface area contributed by atoms with Crippen LogP contribution < -0.4 is 5.32 Å². The molecule has 0 aliphatic rings. The smallest absolute Gasteiger partial charge is 0.144 e. The van der Waals surface area contributed by atoms with E-state index in [1.165, 1.54) is 18.1 Å². The molecule has 2 heterocycles. The lowest BCUT2D eigenvalue weighted by atomic mass is 10.4. The van der Waals surface area contributed by atoms with Gasteiger partial charge in [-0.3, -0.25) is 0 Å². The highest BCUT2D eigenvalue weighted by Crippen LogP contribution is 2.36. The summed E-state index contributed by atoms with van der Waals surface area (Å²) in [6.45, 7) is 2.97. The van der Waals surface area contributed by atoms with Crippen LogP contribution in [0.4, 0.5) is 5.82 Å². The van der Waals surface area contributed by atoms with Gasteiger partial charge in [0.2, 0.25) is 0 Å². The number of rotatable bonds is 5. The number of halogens is 2. The highest BCUT2D eigenvalue weighted by molar-refractivity contribution is 9.10. The highest BCUT2D eigenvalue weighted by Gasteiger charge is 2.12. The first kappa shape index (κ1) is 14.6. The van der Waals surface area contributed by atoms with Gasteiger partial charge >= 0.3 is 0 Å². The molecule has 0 aromatic carbocycles. The second-order valence-corrected chi connectivity index (χ2v) is 5.84. The third-order valence-electron chi connectivity index (χ3n) is 2.22. The lowest BCUT2D eigenvalue weighted by molar-refractivity contribution is 0.945. The Morgan fingerprint density at radius 1 is 1.32 bits per heavy atom. The van der Waals surface area contributed by atoms with Gasteiger partial charge in [-0.05, 0) is 46.2 Å². The molecule has 0 aliphatic heterocycles. The Balaban J connectivity index is 2.23. The van der Waals surface area contributed by atoms with E-state index in [4.69, 9.17) is 11.6 Å². The highest BCUT2D eigenvalue weighted by atomic mass is 79.9. The fourth-order valence-corrected chi connectivity index (χ4v) is 2.90. The van der Waals surface area contributed by atoms with Gasteiger partial charge in [-0.15, -0.1) is 0 Å². The first-order valence-electron chi connectivity index (χ1n) is 5.75. The molecular formula is C12H12BrClN4S. The zero-order chi connectivity index (χ0) is 13.7. The summed E-state index contributed by atoms with van der Waals surface area (Å²) in [4.78, 5) is 12.7. The first-order chi connectivity index (χ1) is 9.22. The van der Waals surface area contributed by atoms with Crippen LogP contribution in [0, 0.1) is 0 Å². The van der Waals surface area contributed by atoms with Crippen molar-refractivity contribution >= 4 is 45.1 Å². The van der Waals surface area contributed by atoms with E-state index in [1.54, 1.807) is 12.3 Å². The van der Waals surface area contributed by atoms with Crippen molar-refractivity contribution in [2.75, 3.05) is 11.9 Å². The first-order valence-corrected chi connectivity index (χ1v) is 7.74. The maximum Gasteiger partial charge on any atom is 0.144 e. The third-order valence-corrected chi connectivity index (χ3v) is 4.67. The Hall–Kier alpha value is -0.850. The average molecular weight is 360 g/mol. The fraction of sp³-hybridized carbons (Fsp3) is 0.250. The number of nitrogens with one attached hydrogen (secondary N) is 1. The molecule has 0 aliphatic carbocycles. The van der Waals surface area contributed by atoms with Crippen LogP contribution in [0.15, 0.2) is 39.2 Å². The van der Waals surface area contributed by atoms with E-state index < -0.39 is 0 Å². The van der Waals surface area contributed by atoms with Gasteiger partial charge in [-0.2, -0.15) is 0 Å². The minimum Gasteiger partial charge on any atom is -0.369 e. The molecule has 2 rings (SSSR count). The van der Waals surface area contributed by atoms with Crippen LogP contribution in [-0.4, -0.2) is 21.5 Å². The number of hydrogen-bond acceptors (Lipinski definition) is 5. The van der Waals surface area contributed by atoms with Crippen molar-refractivity contribution in [3.8, 4) is 0 Å². The summed E-state index contributed by atoms with van der Waals surface area (Å²) in [5, 5.41) is 5.36. The topological polar surface area (TPSA) is 50.7 Å².